The molecule has 0 aliphatic carbocycles. The summed E-state index contributed by atoms with van der Waals surface area (Å²) in [5.41, 5.74) is 6.24. The molecule has 0 heterocycles. The van der Waals surface area contributed by atoms with E-state index >= 15 is 0 Å². The zero-order valence-corrected chi connectivity index (χ0v) is 8.21. The number of ether oxygens (including phenoxy) is 1. The van der Waals surface area contributed by atoms with Gasteiger partial charge in [-0.3, -0.25) is 0 Å². The largest absolute Gasteiger partial charge is 0.487 e. The van der Waals surface area contributed by atoms with Crippen LogP contribution in [-0.2, 0) is 0 Å². The second-order valence-corrected chi connectivity index (χ2v) is 3.00. The van der Waals surface area contributed by atoms with E-state index in [9.17, 15) is 0 Å². The molecule has 0 bridgehead atoms. The number of anilines is 1. The molecule has 0 aliphatic rings. The lowest BCUT2D eigenvalue weighted by Gasteiger charge is -2.06. The van der Waals surface area contributed by atoms with Gasteiger partial charge in [-0.15, -0.1) is 0 Å². The molecular formula is C10H12ClNO. The Hall–Kier alpha value is -1.15. The second kappa shape index (κ2) is 4.77. The molecule has 1 aromatic carbocycles. The van der Waals surface area contributed by atoms with Crippen LogP contribution >= 0.6 is 11.6 Å². The summed E-state index contributed by atoms with van der Waals surface area (Å²) in [5, 5.41) is 0.621. The summed E-state index contributed by atoms with van der Waals surface area (Å²) >= 11 is 5.73. The topological polar surface area (TPSA) is 35.2 Å². The van der Waals surface area contributed by atoms with Crippen LogP contribution in [0.25, 0.3) is 0 Å². The predicted molar refractivity (Wildman–Crippen MR) is 56.2 cm³/mol. The number of halogens is 1. The lowest BCUT2D eigenvalue weighted by atomic mass is 10.3. The van der Waals surface area contributed by atoms with E-state index < -0.39 is 0 Å². The fourth-order valence-electron chi connectivity index (χ4n) is 0.885. The average Bonchev–Trinajstić information content (AvgIpc) is 2.09. The van der Waals surface area contributed by atoms with Gasteiger partial charge in [0.15, 0.2) is 0 Å². The molecule has 0 unspecified atom stereocenters. The zero-order chi connectivity index (χ0) is 9.68. The van der Waals surface area contributed by atoms with Crippen LogP contribution < -0.4 is 10.5 Å². The summed E-state index contributed by atoms with van der Waals surface area (Å²) < 4.78 is 5.36. The van der Waals surface area contributed by atoms with E-state index in [-0.39, 0.29) is 0 Å². The minimum absolute atomic E-state index is 0.530. The summed E-state index contributed by atoms with van der Waals surface area (Å²) in [5.74, 6) is 0.669. The van der Waals surface area contributed by atoms with Crippen LogP contribution in [-0.4, -0.2) is 6.61 Å². The molecule has 2 N–H and O–H groups in total. The highest BCUT2D eigenvalue weighted by molar-refractivity contribution is 6.30. The first-order valence-electron chi connectivity index (χ1n) is 4.03. The number of rotatable bonds is 3. The highest BCUT2D eigenvalue weighted by atomic mass is 35.5. The number of benzene rings is 1. The molecule has 3 heteroatoms. The molecule has 2 nitrogen and oxygen atoms in total. The van der Waals surface area contributed by atoms with Crippen LogP contribution in [0.1, 0.15) is 6.92 Å². The van der Waals surface area contributed by atoms with Crippen molar-refractivity contribution in [2.24, 2.45) is 0 Å². The summed E-state index contributed by atoms with van der Waals surface area (Å²) in [6.07, 6.45) is 3.83. The molecule has 0 saturated carbocycles. The molecule has 0 fully saturated rings. The first-order chi connectivity index (χ1) is 6.24. The highest BCUT2D eigenvalue weighted by Crippen LogP contribution is 2.24. The van der Waals surface area contributed by atoms with Crippen LogP contribution in [0.2, 0.25) is 5.02 Å². The van der Waals surface area contributed by atoms with Crippen molar-refractivity contribution < 1.29 is 4.74 Å². The molecule has 13 heavy (non-hydrogen) atoms. The smallest absolute Gasteiger partial charge is 0.142 e. The van der Waals surface area contributed by atoms with Crippen LogP contribution in [0.5, 0.6) is 5.75 Å². The minimum Gasteiger partial charge on any atom is -0.487 e. The van der Waals surface area contributed by atoms with E-state index in [1.807, 2.05) is 19.1 Å². The Morgan fingerprint density at radius 2 is 2.31 bits per heavy atom. The third-order valence-corrected chi connectivity index (χ3v) is 1.78. The van der Waals surface area contributed by atoms with Crippen LogP contribution in [0.3, 0.4) is 0 Å². The van der Waals surface area contributed by atoms with E-state index in [1.165, 1.54) is 0 Å². The van der Waals surface area contributed by atoms with Crippen molar-refractivity contribution in [1.82, 2.24) is 0 Å². The van der Waals surface area contributed by atoms with E-state index in [0.717, 1.165) is 0 Å². The van der Waals surface area contributed by atoms with Gasteiger partial charge in [-0.05, 0) is 25.1 Å². The zero-order valence-electron chi connectivity index (χ0n) is 7.46. The van der Waals surface area contributed by atoms with Gasteiger partial charge in [0.25, 0.3) is 0 Å². The van der Waals surface area contributed by atoms with Gasteiger partial charge >= 0.3 is 0 Å². The Morgan fingerprint density at radius 1 is 1.54 bits per heavy atom. The maximum absolute atomic E-state index is 5.73. The predicted octanol–water partition coefficient (Wildman–Crippen LogP) is 2.88. The summed E-state index contributed by atoms with van der Waals surface area (Å²) in [4.78, 5) is 0. The maximum Gasteiger partial charge on any atom is 0.142 e. The van der Waals surface area contributed by atoms with Gasteiger partial charge in [0, 0.05) is 5.02 Å². The molecule has 0 radical (unpaired) electrons. The third kappa shape index (κ3) is 2.99. The Bertz CT molecular complexity index is 310. The van der Waals surface area contributed by atoms with Crippen molar-refractivity contribution in [2.45, 2.75) is 6.92 Å². The van der Waals surface area contributed by atoms with Gasteiger partial charge < -0.3 is 10.5 Å². The third-order valence-electron chi connectivity index (χ3n) is 1.54. The van der Waals surface area contributed by atoms with Crippen LogP contribution in [0.4, 0.5) is 5.69 Å². The van der Waals surface area contributed by atoms with E-state index in [0.29, 0.717) is 23.1 Å². The number of nitrogen functional groups attached to an aromatic ring is 1. The maximum atomic E-state index is 5.73. The van der Waals surface area contributed by atoms with E-state index in [2.05, 4.69) is 0 Å². The van der Waals surface area contributed by atoms with Gasteiger partial charge in [-0.25, -0.2) is 0 Å². The van der Waals surface area contributed by atoms with Gasteiger partial charge in [-0.1, -0.05) is 23.8 Å². The number of hydrogen-bond acceptors (Lipinski definition) is 2. The fourth-order valence-corrected chi connectivity index (χ4v) is 1.07. The molecule has 0 atom stereocenters. The SMILES string of the molecule is C/C=C/COc1ccc(Cl)cc1N. The summed E-state index contributed by atoms with van der Waals surface area (Å²) in [6.45, 7) is 2.47. The van der Waals surface area contributed by atoms with E-state index in [1.54, 1.807) is 18.2 Å². The van der Waals surface area contributed by atoms with Crippen LogP contribution in [0.15, 0.2) is 30.4 Å². The van der Waals surface area contributed by atoms with Crippen molar-refractivity contribution in [1.29, 1.82) is 0 Å². The molecule has 0 spiro atoms. The number of hydrogen-bond donors (Lipinski definition) is 1. The van der Waals surface area contributed by atoms with E-state index in [4.69, 9.17) is 22.1 Å². The standard InChI is InChI=1S/C10H12ClNO/c1-2-3-6-13-10-5-4-8(11)7-9(10)12/h2-5,7H,6,12H2,1H3/b3-2+. The van der Waals surface area contributed by atoms with Gasteiger partial charge in [0.1, 0.15) is 12.4 Å². The summed E-state index contributed by atoms with van der Waals surface area (Å²) in [6, 6.07) is 5.19. The normalized spacial score (nSPS) is 10.6. The molecule has 70 valence electrons. The lowest BCUT2D eigenvalue weighted by molar-refractivity contribution is 0.364. The molecule has 1 rings (SSSR count). The van der Waals surface area contributed by atoms with Crippen molar-refractivity contribution in [3.8, 4) is 5.75 Å². The fraction of sp³-hybridized carbons (Fsp3) is 0.200. The van der Waals surface area contributed by atoms with Gasteiger partial charge in [0.05, 0.1) is 5.69 Å². The molecule has 0 aliphatic heterocycles. The van der Waals surface area contributed by atoms with Gasteiger partial charge in [-0.2, -0.15) is 0 Å². The Morgan fingerprint density at radius 3 is 2.92 bits per heavy atom. The first kappa shape index (κ1) is 9.93. The monoisotopic (exact) mass is 197 g/mol. The van der Waals surface area contributed by atoms with Crippen molar-refractivity contribution >= 4 is 17.3 Å². The molecule has 0 aromatic heterocycles. The highest BCUT2D eigenvalue weighted by Gasteiger charge is 1.98. The lowest BCUT2D eigenvalue weighted by Crippen LogP contribution is -1.97. The number of nitrogens with two attached hydrogens (primary N) is 1. The Kier molecular flexibility index (Phi) is 3.65. The van der Waals surface area contributed by atoms with Crippen LogP contribution in [0, 0.1) is 0 Å². The second-order valence-electron chi connectivity index (χ2n) is 2.56. The summed E-state index contributed by atoms with van der Waals surface area (Å²) in [7, 11) is 0. The van der Waals surface area contributed by atoms with Crippen molar-refractivity contribution in [3.63, 3.8) is 0 Å². The first-order valence-corrected chi connectivity index (χ1v) is 4.41. The molecular weight excluding hydrogens is 186 g/mol. The minimum atomic E-state index is 0.530. The number of allylic oxidation sites excluding steroid dienone is 1. The molecule has 1 aromatic rings. The Balaban J connectivity index is 2.66. The average molecular weight is 198 g/mol. The quantitative estimate of drug-likeness (QED) is 0.598. The van der Waals surface area contributed by atoms with Crippen molar-refractivity contribution in [3.05, 3.63) is 35.4 Å². The van der Waals surface area contributed by atoms with Gasteiger partial charge in [0.2, 0.25) is 0 Å². The molecule has 0 amide bonds. The Labute approximate surface area is 83.0 Å². The molecule has 0 saturated heterocycles. The van der Waals surface area contributed by atoms with Crippen molar-refractivity contribution in [2.75, 3.05) is 12.3 Å².